The normalized spacial score (nSPS) is 17.7. The van der Waals surface area contributed by atoms with Crippen LogP contribution in [0.5, 0.6) is 0 Å². The van der Waals surface area contributed by atoms with Crippen molar-refractivity contribution in [3.63, 3.8) is 0 Å². The largest absolute Gasteiger partial charge is 0.308 e. The molecule has 4 nitrogen and oxygen atoms in total. The summed E-state index contributed by atoms with van der Waals surface area (Å²) < 4.78 is 40.2. The Balaban J connectivity index is 1.66. The number of hydrogen-bond donors (Lipinski definition) is 2. The summed E-state index contributed by atoms with van der Waals surface area (Å²) in [7, 11) is -3.51. The molecular formula is C17H19FN2O2S. The minimum Gasteiger partial charge on any atom is -0.308 e. The lowest BCUT2D eigenvalue weighted by Crippen LogP contribution is -2.39. The summed E-state index contributed by atoms with van der Waals surface area (Å²) in [5.74, 6) is -0.653. The molecule has 0 aromatic heterocycles. The van der Waals surface area contributed by atoms with E-state index < -0.39 is 15.8 Å². The summed E-state index contributed by atoms with van der Waals surface area (Å²) in [6, 6.07) is 13.7. The van der Waals surface area contributed by atoms with Gasteiger partial charge in [0, 0.05) is 12.6 Å². The monoisotopic (exact) mass is 334 g/mol. The third kappa shape index (κ3) is 4.16. The Morgan fingerprint density at radius 2 is 2.00 bits per heavy atom. The van der Waals surface area contributed by atoms with E-state index >= 15 is 0 Å². The van der Waals surface area contributed by atoms with Crippen LogP contribution in [0.25, 0.3) is 0 Å². The van der Waals surface area contributed by atoms with Crippen molar-refractivity contribution in [1.82, 2.24) is 10.0 Å². The van der Waals surface area contributed by atoms with Crippen LogP contribution in [-0.2, 0) is 22.2 Å². The third-order valence-electron chi connectivity index (χ3n) is 3.97. The van der Waals surface area contributed by atoms with Gasteiger partial charge in [0.15, 0.2) is 0 Å². The van der Waals surface area contributed by atoms with Gasteiger partial charge in [-0.15, -0.1) is 0 Å². The summed E-state index contributed by atoms with van der Waals surface area (Å²) in [4.78, 5) is 0. The highest BCUT2D eigenvalue weighted by Gasteiger charge is 2.21. The van der Waals surface area contributed by atoms with E-state index in [9.17, 15) is 12.8 Å². The quantitative estimate of drug-likeness (QED) is 0.881. The van der Waals surface area contributed by atoms with Gasteiger partial charge < -0.3 is 5.32 Å². The maximum atomic E-state index is 13.2. The van der Waals surface area contributed by atoms with Crippen molar-refractivity contribution < 1.29 is 12.8 Å². The molecule has 1 unspecified atom stereocenters. The van der Waals surface area contributed by atoms with Crippen LogP contribution < -0.4 is 10.0 Å². The zero-order valence-electron chi connectivity index (χ0n) is 12.6. The average molecular weight is 334 g/mol. The highest BCUT2D eigenvalue weighted by molar-refractivity contribution is 7.88. The van der Waals surface area contributed by atoms with Crippen molar-refractivity contribution >= 4 is 10.0 Å². The van der Waals surface area contributed by atoms with Crippen LogP contribution >= 0.6 is 0 Å². The molecule has 0 radical (unpaired) electrons. The molecule has 2 aromatic carbocycles. The van der Waals surface area contributed by atoms with Crippen molar-refractivity contribution in [2.45, 2.75) is 18.2 Å². The van der Waals surface area contributed by atoms with E-state index in [0.717, 1.165) is 18.5 Å². The molecular weight excluding hydrogens is 315 g/mol. The number of halogens is 1. The minimum atomic E-state index is -3.51. The van der Waals surface area contributed by atoms with Crippen LogP contribution in [0.2, 0.25) is 0 Å². The average Bonchev–Trinajstić information content (AvgIpc) is 2.52. The predicted octanol–water partition coefficient (Wildman–Crippen LogP) is 2.13. The SMILES string of the molecule is O=S(=O)(Cc1cccc(F)c1)NCC1NCCc2ccccc21. The molecule has 23 heavy (non-hydrogen) atoms. The van der Waals surface area contributed by atoms with E-state index in [1.165, 1.54) is 23.8 Å². The topological polar surface area (TPSA) is 58.2 Å². The fraction of sp³-hybridized carbons (Fsp3) is 0.294. The van der Waals surface area contributed by atoms with Gasteiger partial charge in [0.1, 0.15) is 5.82 Å². The summed E-state index contributed by atoms with van der Waals surface area (Å²) >= 11 is 0. The number of fused-ring (bicyclic) bond motifs is 1. The fourth-order valence-corrected chi connectivity index (χ4v) is 4.02. The molecule has 1 heterocycles. The summed E-state index contributed by atoms with van der Waals surface area (Å²) in [6.07, 6.45) is 0.947. The van der Waals surface area contributed by atoms with Gasteiger partial charge >= 0.3 is 0 Å². The van der Waals surface area contributed by atoms with Crippen LogP contribution in [0, 0.1) is 5.82 Å². The molecule has 0 bridgehead atoms. The molecule has 2 aromatic rings. The maximum Gasteiger partial charge on any atom is 0.215 e. The minimum absolute atomic E-state index is 0.0396. The van der Waals surface area contributed by atoms with Gasteiger partial charge in [-0.1, -0.05) is 36.4 Å². The highest BCUT2D eigenvalue weighted by atomic mass is 32.2. The zero-order chi connectivity index (χ0) is 16.3. The van der Waals surface area contributed by atoms with Gasteiger partial charge in [-0.05, 0) is 41.8 Å². The molecule has 6 heteroatoms. The number of rotatable bonds is 5. The van der Waals surface area contributed by atoms with Gasteiger partial charge in [-0.25, -0.2) is 17.5 Å². The predicted molar refractivity (Wildman–Crippen MR) is 87.9 cm³/mol. The van der Waals surface area contributed by atoms with E-state index in [1.807, 2.05) is 18.2 Å². The van der Waals surface area contributed by atoms with Gasteiger partial charge in [0.2, 0.25) is 10.0 Å². The second kappa shape index (κ2) is 6.78. The maximum absolute atomic E-state index is 13.2. The first-order valence-corrected chi connectivity index (χ1v) is 9.22. The van der Waals surface area contributed by atoms with E-state index in [2.05, 4.69) is 16.1 Å². The number of benzene rings is 2. The Morgan fingerprint density at radius 3 is 2.83 bits per heavy atom. The molecule has 1 aliphatic heterocycles. The second-order valence-corrected chi connectivity index (χ2v) is 7.50. The zero-order valence-corrected chi connectivity index (χ0v) is 13.4. The fourth-order valence-electron chi connectivity index (χ4n) is 2.88. The van der Waals surface area contributed by atoms with Crippen molar-refractivity contribution in [1.29, 1.82) is 0 Å². The number of hydrogen-bond acceptors (Lipinski definition) is 3. The standard InChI is InChI=1S/C17H19FN2O2S/c18-15-6-3-4-13(10-15)12-23(21,22)20-11-17-16-7-2-1-5-14(16)8-9-19-17/h1-7,10,17,19-20H,8-9,11-12H2. The van der Waals surface area contributed by atoms with Crippen LogP contribution in [0.4, 0.5) is 4.39 Å². The van der Waals surface area contributed by atoms with E-state index in [1.54, 1.807) is 6.07 Å². The summed E-state index contributed by atoms with van der Waals surface area (Å²) in [5, 5.41) is 3.33. The van der Waals surface area contributed by atoms with Crippen molar-refractivity contribution in [2.24, 2.45) is 0 Å². The Hall–Kier alpha value is -1.76. The van der Waals surface area contributed by atoms with Gasteiger partial charge in [-0.3, -0.25) is 0 Å². The van der Waals surface area contributed by atoms with Gasteiger partial charge in [0.25, 0.3) is 0 Å². The van der Waals surface area contributed by atoms with Crippen LogP contribution in [0.1, 0.15) is 22.7 Å². The van der Waals surface area contributed by atoms with Crippen LogP contribution in [-0.4, -0.2) is 21.5 Å². The lowest BCUT2D eigenvalue weighted by molar-refractivity contribution is 0.491. The first-order chi connectivity index (χ1) is 11.0. The van der Waals surface area contributed by atoms with E-state index in [-0.39, 0.29) is 18.3 Å². The number of sulfonamides is 1. The smallest absolute Gasteiger partial charge is 0.215 e. The molecule has 0 saturated carbocycles. The molecule has 0 spiro atoms. The van der Waals surface area contributed by atoms with Crippen molar-refractivity contribution in [3.05, 3.63) is 71.0 Å². The van der Waals surface area contributed by atoms with Gasteiger partial charge in [0.05, 0.1) is 5.75 Å². The highest BCUT2D eigenvalue weighted by Crippen LogP contribution is 2.22. The molecule has 0 aliphatic carbocycles. The molecule has 1 atom stereocenters. The second-order valence-electron chi connectivity index (χ2n) is 5.69. The molecule has 3 rings (SSSR count). The molecule has 0 amide bonds. The molecule has 2 N–H and O–H groups in total. The number of nitrogens with one attached hydrogen (secondary N) is 2. The Morgan fingerprint density at radius 1 is 1.17 bits per heavy atom. The van der Waals surface area contributed by atoms with Gasteiger partial charge in [-0.2, -0.15) is 0 Å². The first kappa shape index (κ1) is 16.1. The summed E-state index contributed by atoms with van der Waals surface area (Å²) in [5.41, 5.74) is 2.82. The molecule has 122 valence electrons. The Labute approximate surface area is 135 Å². The molecule has 0 fully saturated rings. The molecule has 1 aliphatic rings. The van der Waals surface area contributed by atoms with Crippen molar-refractivity contribution in [3.8, 4) is 0 Å². The Bertz CT molecular complexity index is 793. The van der Waals surface area contributed by atoms with E-state index in [0.29, 0.717) is 5.56 Å². The lowest BCUT2D eigenvalue weighted by Gasteiger charge is -2.27. The first-order valence-electron chi connectivity index (χ1n) is 7.56. The van der Waals surface area contributed by atoms with Crippen LogP contribution in [0.15, 0.2) is 48.5 Å². The van der Waals surface area contributed by atoms with Crippen molar-refractivity contribution in [2.75, 3.05) is 13.1 Å². The van der Waals surface area contributed by atoms with Crippen LogP contribution in [0.3, 0.4) is 0 Å². The molecule has 0 saturated heterocycles. The lowest BCUT2D eigenvalue weighted by atomic mass is 9.95. The third-order valence-corrected chi connectivity index (χ3v) is 5.29. The van der Waals surface area contributed by atoms with E-state index in [4.69, 9.17) is 0 Å². The summed E-state index contributed by atoms with van der Waals surface area (Å²) in [6.45, 7) is 1.11. The Kier molecular flexibility index (Phi) is 4.75.